The summed E-state index contributed by atoms with van der Waals surface area (Å²) in [7, 11) is -3.33. The zero-order chi connectivity index (χ0) is 18.6. The predicted octanol–water partition coefficient (Wildman–Crippen LogP) is 1.08. The summed E-state index contributed by atoms with van der Waals surface area (Å²) in [6.07, 6.45) is 4.05. The van der Waals surface area contributed by atoms with Gasteiger partial charge in [0.05, 0.1) is 42.7 Å². The van der Waals surface area contributed by atoms with Gasteiger partial charge in [-0.05, 0) is 24.6 Å². The van der Waals surface area contributed by atoms with E-state index in [1.54, 1.807) is 23.1 Å². The van der Waals surface area contributed by atoms with E-state index in [0.717, 1.165) is 11.4 Å². The Balaban J connectivity index is 1.67. The second kappa shape index (κ2) is 7.96. The minimum Gasteiger partial charge on any atom is -0.350 e. The number of carbonyl (C=O) groups is 1. The normalized spacial score (nSPS) is 17.7. The Morgan fingerprint density at radius 3 is 2.88 bits per heavy atom. The van der Waals surface area contributed by atoms with E-state index in [2.05, 4.69) is 15.4 Å². The lowest BCUT2D eigenvalue weighted by Gasteiger charge is -2.32. The van der Waals surface area contributed by atoms with Crippen molar-refractivity contribution in [2.45, 2.75) is 38.9 Å². The summed E-state index contributed by atoms with van der Waals surface area (Å²) in [5.41, 5.74) is 1.58. The van der Waals surface area contributed by atoms with E-state index in [9.17, 15) is 13.2 Å². The molecule has 0 saturated heterocycles. The van der Waals surface area contributed by atoms with Crippen molar-refractivity contribution in [3.8, 4) is 0 Å². The molecule has 26 heavy (non-hydrogen) atoms. The highest BCUT2D eigenvalue weighted by molar-refractivity contribution is 7.89. The van der Waals surface area contributed by atoms with E-state index in [0.29, 0.717) is 19.5 Å². The SMILES string of the molecule is CCCS(=O)(=O)N1Cc2ccnn2[C@@H](CC(=O)NCc2ccccn2)C1. The lowest BCUT2D eigenvalue weighted by atomic mass is 10.1. The molecule has 8 nitrogen and oxygen atoms in total. The molecule has 0 radical (unpaired) electrons. The maximum Gasteiger partial charge on any atom is 0.222 e. The molecule has 0 bridgehead atoms. The zero-order valence-electron chi connectivity index (χ0n) is 14.7. The maximum atomic E-state index is 12.4. The lowest BCUT2D eigenvalue weighted by molar-refractivity contribution is -0.122. The number of pyridine rings is 1. The van der Waals surface area contributed by atoms with Crippen LogP contribution in [-0.2, 0) is 27.9 Å². The van der Waals surface area contributed by atoms with Gasteiger partial charge >= 0.3 is 0 Å². The van der Waals surface area contributed by atoms with Crippen LogP contribution in [0.1, 0.15) is 37.2 Å². The van der Waals surface area contributed by atoms with Gasteiger partial charge in [0.15, 0.2) is 0 Å². The number of rotatable bonds is 7. The number of fused-ring (bicyclic) bond motifs is 1. The molecule has 1 N–H and O–H groups in total. The maximum absolute atomic E-state index is 12.4. The minimum atomic E-state index is -3.33. The Kier molecular flexibility index (Phi) is 5.67. The summed E-state index contributed by atoms with van der Waals surface area (Å²) in [5, 5.41) is 7.11. The van der Waals surface area contributed by atoms with Gasteiger partial charge in [0.1, 0.15) is 0 Å². The van der Waals surface area contributed by atoms with Crippen LogP contribution in [0.5, 0.6) is 0 Å². The molecule has 2 aromatic heterocycles. The summed E-state index contributed by atoms with van der Waals surface area (Å²) in [6.45, 7) is 2.74. The molecule has 0 spiro atoms. The van der Waals surface area contributed by atoms with E-state index in [4.69, 9.17) is 0 Å². The average Bonchev–Trinajstić information content (AvgIpc) is 3.10. The van der Waals surface area contributed by atoms with Crippen molar-refractivity contribution in [3.63, 3.8) is 0 Å². The molecule has 0 saturated carbocycles. The molecule has 1 aliphatic heterocycles. The molecule has 0 aromatic carbocycles. The molecule has 1 aliphatic rings. The van der Waals surface area contributed by atoms with Gasteiger partial charge in [0.2, 0.25) is 15.9 Å². The van der Waals surface area contributed by atoms with Gasteiger partial charge in [-0.25, -0.2) is 8.42 Å². The minimum absolute atomic E-state index is 0.111. The molecule has 0 fully saturated rings. The Bertz CT molecular complexity index is 850. The Morgan fingerprint density at radius 1 is 1.31 bits per heavy atom. The standard InChI is InChI=1S/C17H23N5O3S/c1-2-9-26(24,25)21-12-15-6-8-20-22(15)16(13-21)10-17(23)19-11-14-5-3-4-7-18-14/h3-8,16H,2,9-13H2,1H3,(H,19,23)/t16-/m0/s1. The molecule has 9 heteroatoms. The summed E-state index contributed by atoms with van der Waals surface area (Å²) in [4.78, 5) is 16.5. The molecule has 0 aliphatic carbocycles. The van der Waals surface area contributed by atoms with Crippen LogP contribution >= 0.6 is 0 Å². The molecule has 1 amide bonds. The van der Waals surface area contributed by atoms with Crippen molar-refractivity contribution in [2.24, 2.45) is 0 Å². The Labute approximate surface area is 153 Å². The fraction of sp³-hybridized carbons (Fsp3) is 0.471. The fourth-order valence-electron chi connectivity index (χ4n) is 3.08. The van der Waals surface area contributed by atoms with E-state index < -0.39 is 10.0 Å². The lowest BCUT2D eigenvalue weighted by Crippen LogP contribution is -2.43. The van der Waals surface area contributed by atoms with Gasteiger partial charge in [-0.3, -0.25) is 14.5 Å². The third-order valence-electron chi connectivity index (χ3n) is 4.32. The van der Waals surface area contributed by atoms with Crippen molar-refractivity contribution < 1.29 is 13.2 Å². The molecule has 140 valence electrons. The Hall–Kier alpha value is -2.26. The van der Waals surface area contributed by atoms with Gasteiger partial charge in [0, 0.05) is 18.9 Å². The summed E-state index contributed by atoms with van der Waals surface area (Å²) < 4.78 is 28.1. The summed E-state index contributed by atoms with van der Waals surface area (Å²) in [6, 6.07) is 7.00. The number of nitrogens with zero attached hydrogens (tertiary/aromatic N) is 4. The van der Waals surface area contributed by atoms with Crippen LogP contribution < -0.4 is 5.32 Å². The molecule has 0 unspecified atom stereocenters. The van der Waals surface area contributed by atoms with Gasteiger partial charge in [-0.1, -0.05) is 13.0 Å². The third kappa shape index (κ3) is 4.28. The van der Waals surface area contributed by atoms with Gasteiger partial charge in [-0.2, -0.15) is 9.40 Å². The van der Waals surface area contributed by atoms with Gasteiger partial charge in [0.25, 0.3) is 0 Å². The van der Waals surface area contributed by atoms with Crippen LogP contribution in [-0.4, -0.2) is 45.7 Å². The smallest absolute Gasteiger partial charge is 0.222 e. The van der Waals surface area contributed by atoms with Crippen molar-refractivity contribution in [3.05, 3.63) is 48.0 Å². The summed E-state index contributed by atoms with van der Waals surface area (Å²) in [5.74, 6) is -0.0449. The van der Waals surface area contributed by atoms with E-state index >= 15 is 0 Å². The number of amides is 1. The van der Waals surface area contributed by atoms with Crippen molar-refractivity contribution in [1.29, 1.82) is 0 Å². The molecular weight excluding hydrogens is 354 g/mol. The number of hydrogen-bond acceptors (Lipinski definition) is 5. The highest BCUT2D eigenvalue weighted by atomic mass is 32.2. The van der Waals surface area contributed by atoms with Crippen LogP contribution in [0.25, 0.3) is 0 Å². The number of nitrogens with one attached hydrogen (secondary N) is 1. The highest BCUT2D eigenvalue weighted by Gasteiger charge is 2.33. The second-order valence-corrected chi connectivity index (χ2v) is 8.42. The van der Waals surface area contributed by atoms with Crippen molar-refractivity contribution in [2.75, 3.05) is 12.3 Å². The van der Waals surface area contributed by atoms with Crippen LogP contribution in [0.15, 0.2) is 36.7 Å². The topological polar surface area (TPSA) is 97.2 Å². The van der Waals surface area contributed by atoms with Crippen LogP contribution in [0.3, 0.4) is 0 Å². The van der Waals surface area contributed by atoms with Gasteiger partial charge < -0.3 is 5.32 Å². The number of hydrogen-bond donors (Lipinski definition) is 1. The third-order valence-corrected chi connectivity index (χ3v) is 6.31. The predicted molar refractivity (Wildman–Crippen MR) is 96.5 cm³/mol. The number of sulfonamides is 1. The monoisotopic (exact) mass is 377 g/mol. The quantitative estimate of drug-likeness (QED) is 0.779. The van der Waals surface area contributed by atoms with E-state index in [1.165, 1.54) is 4.31 Å². The van der Waals surface area contributed by atoms with Crippen LogP contribution in [0, 0.1) is 0 Å². The average molecular weight is 377 g/mol. The fourth-order valence-corrected chi connectivity index (χ4v) is 4.58. The molecule has 3 heterocycles. The summed E-state index contributed by atoms with van der Waals surface area (Å²) >= 11 is 0. The first kappa shape index (κ1) is 18.5. The molecular formula is C17H23N5O3S. The van der Waals surface area contributed by atoms with E-state index in [-0.39, 0.29) is 30.7 Å². The zero-order valence-corrected chi connectivity index (χ0v) is 15.5. The number of carbonyl (C=O) groups excluding carboxylic acids is 1. The van der Waals surface area contributed by atoms with Crippen LogP contribution in [0.4, 0.5) is 0 Å². The van der Waals surface area contributed by atoms with Crippen molar-refractivity contribution in [1.82, 2.24) is 24.4 Å². The largest absolute Gasteiger partial charge is 0.350 e. The van der Waals surface area contributed by atoms with Crippen molar-refractivity contribution >= 4 is 15.9 Å². The van der Waals surface area contributed by atoms with Gasteiger partial charge in [-0.15, -0.1) is 0 Å². The highest BCUT2D eigenvalue weighted by Crippen LogP contribution is 2.25. The number of aromatic nitrogens is 3. The molecule has 1 atom stereocenters. The van der Waals surface area contributed by atoms with E-state index in [1.807, 2.05) is 25.1 Å². The first-order valence-corrected chi connectivity index (χ1v) is 10.3. The Morgan fingerprint density at radius 2 is 2.15 bits per heavy atom. The molecule has 2 aromatic rings. The second-order valence-electron chi connectivity index (χ2n) is 6.33. The van der Waals surface area contributed by atoms with Crippen LogP contribution in [0.2, 0.25) is 0 Å². The first-order chi connectivity index (χ1) is 12.5. The molecule has 3 rings (SSSR count). The first-order valence-electron chi connectivity index (χ1n) is 8.66.